The Bertz CT molecular complexity index is 548. The van der Waals surface area contributed by atoms with Crippen molar-refractivity contribution in [2.75, 3.05) is 64.4 Å². The number of likely N-dealkylation sites (tertiary alicyclic amines) is 1. The minimum Gasteiger partial charge on any atom is -0.378 e. The molecule has 2 heterocycles. The zero-order chi connectivity index (χ0) is 18.0. The van der Waals surface area contributed by atoms with Crippen LogP contribution in [0, 0.1) is 0 Å². The van der Waals surface area contributed by atoms with E-state index in [1.807, 2.05) is 7.05 Å². The molecule has 1 aromatic rings. The van der Waals surface area contributed by atoms with Crippen molar-refractivity contribution in [1.82, 2.24) is 15.5 Å². The Hall–Kier alpha value is -1.79. The number of benzene rings is 1. The van der Waals surface area contributed by atoms with Gasteiger partial charge in [-0.2, -0.15) is 0 Å². The summed E-state index contributed by atoms with van der Waals surface area (Å²) in [6.45, 7) is 8.89. The van der Waals surface area contributed by atoms with E-state index in [1.165, 1.54) is 43.6 Å². The van der Waals surface area contributed by atoms with Gasteiger partial charge in [0.05, 0.1) is 13.2 Å². The maximum absolute atomic E-state index is 5.42. The fourth-order valence-corrected chi connectivity index (χ4v) is 3.57. The lowest BCUT2D eigenvalue weighted by atomic mass is 10.1. The van der Waals surface area contributed by atoms with Gasteiger partial charge < -0.3 is 25.2 Å². The van der Waals surface area contributed by atoms with Crippen LogP contribution in [0.15, 0.2) is 29.3 Å². The normalized spacial score (nSPS) is 19.4. The Morgan fingerprint density at radius 2 is 1.73 bits per heavy atom. The van der Waals surface area contributed by atoms with E-state index in [2.05, 4.69) is 49.7 Å². The van der Waals surface area contributed by atoms with Crippen molar-refractivity contribution in [3.8, 4) is 0 Å². The van der Waals surface area contributed by atoms with E-state index in [0.717, 1.165) is 51.9 Å². The Kier molecular flexibility index (Phi) is 7.58. The summed E-state index contributed by atoms with van der Waals surface area (Å²) in [5, 5.41) is 6.83. The summed E-state index contributed by atoms with van der Waals surface area (Å²) in [4.78, 5) is 9.24. The van der Waals surface area contributed by atoms with Crippen molar-refractivity contribution >= 4 is 11.6 Å². The predicted octanol–water partition coefficient (Wildman–Crippen LogP) is 1.67. The molecule has 6 heteroatoms. The maximum atomic E-state index is 5.42. The van der Waals surface area contributed by atoms with Crippen LogP contribution in [0.25, 0.3) is 0 Å². The molecule has 0 spiro atoms. The van der Waals surface area contributed by atoms with Gasteiger partial charge >= 0.3 is 0 Å². The quantitative estimate of drug-likeness (QED) is 0.598. The molecule has 144 valence electrons. The first-order valence-corrected chi connectivity index (χ1v) is 9.93. The molecule has 2 N–H and O–H groups in total. The van der Waals surface area contributed by atoms with Crippen LogP contribution in [0.2, 0.25) is 0 Å². The molecular weight excluding hydrogens is 326 g/mol. The third-order valence-electron chi connectivity index (χ3n) is 5.17. The van der Waals surface area contributed by atoms with Crippen molar-refractivity contribution < 1.29 is 4.74 Å². The van der Waals surface area contributed by atoms with Gasteiger partial charge in [0.2, 0.25) is 0 Å². The van der Waals surface area contributed by atoms with Crippen LogP contribution in [0.5, 0.6) is 0 Å². The van der Waals surface area contributed by atoms with Gasteiger partial charge in [-0.05, 0) is 43.6 Å². The Morgan fingerprint density at radius 3 is 2.42 bits per heavy atom. The minimum atomic E-state index is 0.785. The largest absolute Gasteiger partial charge is 0.378 e. The first-order chi connectivity index (χ1) is 12.8. The highest BCUT2D eigenvalue weighted by Gasteiger charge is 2.11. The van der Waals surface area contributed by atoms with Crippen LogP contribution in [-0.2, 0) is 11.3 Å². The van der Waals surface area contributed by atoms with Crippen LogP contribution in [0.3, 0.4) is 0 Å². The van der Waals surface area contributed by atoms with E-state index in [9.17, 15) is 0 Å². The average molecular weight is 360 g/mol. The molecule has 0 bridgehead atoms. The average Bonchev–Trinajstić information content (AvgIpc) is 2.72. The number of nitrogens with one attached hydrogen (secondary N) is 2. The SMILES string of the molecule is CN=C(NCCN1CCCCC1)NCc1ccc(N2CCOCC2)cc1. The van der Waals surface area contributed by atoms with E-state index in [-0.39, 0.29) is 0 Å². The number of guanidine groups is 1. The van der Waals surface area contributed by atoms with Gasteiger partial charge in [-0.1, -0.05) is 18.6 Å². The third kappa shape index (κ3) is 5.88. The number of ether oxygens (including phenoxy) is 1. The summed E-state index contributed by atoms with van der Waals surface area (Å²) in [5.41, 5.74) is 2.54. The number of piperidine rings is 1. The maximum Gasteiger partial charge on any atom is 0.191 e. The lowest BCUT2D eigenvalue weighted by Gasteiger charge is -2.29. The zero-order valence-electron chi connectivity index (χ0n) is 16.0. The van der Waals surface area contributed by atoms with Gasteiger partial charge in [0.15, 0.2) is 5.96 Å². The van der Waals surface area contributed by atoms with E-state index < -0.39 is 0 Å². The monoisotopic (exact) mass is 359 g/mol. The van der Waals surface area contributed by atoms with Crippen molar-refractivity contribution in [2.45, 2.75) is 25.8 Å². The first-order valence-electron chi connectivity index (χ1n) is 9.93. The molecule has 1 aromatic carbocycles. The van der Waals surface area contributed by atoms with Crippen LogP contribution >= 0.6 is 0 Å². The highest BCUT2D eigenvalue weighted by Crippen LogP contribution is 2.16. The number of nitrogens with zero attached hydrogens (tertiary/aromatic N) is 3. The van der Waals surface area contributed by atoms with Gasteiger partial charge in [-0.15, -0.1) is 0 Å². The second-order valence-electron chi connectivity index (χ2n) is 7.02. The van der Waals surface area contributed by atoms with Crippen molar-refractivity contribution in [1.29, 1.82) is 0 Å². The molecule has 0 atom stereocenters. The Balaban J connectivity index is 1.38. The lowest BCUT2D eigenvalue weighted by molar-refractivity contribution is 0.122. The van der Waals surface area contributed by atoms with E-state index in [1.54, 1.807) is 0 Å². The van der Waals surface area contributed by atoms with Crippen LogP contribution < -0.4 is 15.5 Å². The first kappa shape index (κ1) is 19.0. The molecule has 6 nitrogen and oxygen atoms in total. The molecule has 2 saturated heterocycles. The molecule has 3 rings (SSSR count). The minimum absolute atomic E-state index is 0.785. The molecule has 0 aromatic heterocycles. The third-order valence-corrected chi connectivity index (χ3v) is 5.17. The van der Waals surface area contributed by atoms with Gasteiger partial charge in [0.25, 0.3) is 0 Å². The summed E-state index contributed by atoms with van der Waals surface area (Å²) >= 11 is 0. The summed E-state index contributed by atoms with van der Waals surface area (Å²) in [6, 6.07) is 8.79. The standard InChI is InChI=1S/C20H33N5O/c1-21-20(22-9-12-24-10-3-2-4-11-24)23-17-18-5-7-19(8-6-18)25-13-15-26-16-14-25/h5-8H,2-4,9-17H2,1H3,(H2,21,22,23). The Labute approximate surface area is 157 Å². The van der Waals surface area contributed by atoms with Crippen molar-refractivity contribution in [2.24, 2.45) is 4.99 Å². The second kappa shape index (κ2) is 10.4. The number of hydrogen-bond donors (Lipinski definition) is 2. The number of hydrogen-bond acceptors (Lipinski definition) is 4. The van der Waals surface area contributed by atoms with Gasteiger partial charge in [0, 0.05) is 45.5 Å². The molecule has 2 fully saturated rings. The molecule has 0 amide bonds. The summed E-state index contributed by atoms with van der Waals surface area (Å²) in [7, 11) is 1.83. The molecule has 2 aliphatic heterocycles. The van der Waals surface area contributed by atoms with Crippen LogP contribution in [-0.4, -0.2) is 70.4 Å². The zero-order valence-corrected chi connectivity index (χ0v) is 16.0. The van der Waals surface area contributed by atoms with Crippen LogP contribution in [0.1, 0.15) is 24.8 Å². The highest BCUT2D eigenvalue weighted by atomic mass is 16.5. The van der Waals surface area contributed by atoms with Gasteiger partial charge in [-0.3, -0.25) is 4.99 Å². The fraction of sp³-hybridized carbons (Fsp3) is 0.650. The molecule has 26 heavy (non-hydrogen) atoms. The van der Waals surface area contributed by atoms with Crippen LogP contribution in [0.4, 0.5) is 5.69 Å². The van der Waals surface area contributed by atoms with Gasteiger partial charge in [-0.25, -0.2) is 0 Å². The fourth-order valence-electron chi connectivity index (χ4n) is 3.57. The summed E-state index contributed by atoms with van der Waals surface area (Å²) < 4.78 is 5.42. The van der Waals surface area contributed by atoms with Crippen molar-refractivity contribution in [3.63, 3.8) is 0 Å². The number of anilines is 1. The molecule has 0 saturated carbocycles. The van der Waals surface area contributed by atoms with E-state index in [4.69, 9.17) is 4.74 Å². The second-order valence-corrected chi connectivity index (χ2v) is 7.02. The Morgan fingerprint density at radius 1 is 1.00 bits per heavy atom. The molecule has 0 radical (unpaired) electrons. The smallest absolute Gasteiger partial charge is 0.191 e. The summed E-state index contributed by atoms with van der Waals surface area (Å²) in [5.74, 6) is 0.874. The number of aliphatic imine (C=N–C) groups is 1. The molecule has 0 unspecified atom stereocenters. The van der Waals surface area contributed by atoms with Gasteiger partial charge in [0.1, 0.15) is 0 Å². The molecule has 0 aliphatic carbocycles. The highest BCUT2D eigenvalue weighted by molar-refractivity contribution is 5.79. The molecule has 2 aliphatic rings. The van der Waals surface area contributed by atoms with E-state index >= 15 is 0 Å². The topological polar surface area (TPSA) is 52.1 Å². The molecular formula is C20H33N5O. The summed E-state index contributed by atoms with van der Waals surface area (Å²) in [6.07, 6.45) is 4.07. The number of morpholine rings is 1. The predicted molar refractivity (Wildman–Crippen MR) is 108 cm³/mol. The van der Waals surface area contributed by atoms with E-state index in [0.29, 0.717) is 0 Å². The lowest BCUT2D eigenvalue weighted by Crippen LogP contribution is -2.42. The number of rotatable bonds is 6. The van der Waals surface area contributed by atoms with Crippen molar-refractivity contribution in [3.05, 3.63) is 29.8 Å².